The molecule has 1 saturated heterocycles. The third-order valence-electron chi connectivity index (χ3n) is 2.02. The Kier molecular flexibility index (Phi) is 3.23. The lowest BCUT2D eigenvalue weighted by Gasteiger charge is -2.26. The number of rotatable bonds is 2. The lowest BCUT2D eigenvalue weighted by atomic mass is 10.2. The van der Waals surface area contributed by atoms with E-state index in [0.717, 1.165) is 4.47 Å². The van der Waals surface area contributed by atoms with Crippen LogP contribution in [-0.2, 0) is 4.74 Å². The quantitative estimate of drug-likeness (QED) is 0.843. The Labute approximate surface area is 100 Å². The van der Waals surface area contributed by atoms with Gasteiger partial charge in [-0.1, -0.05) is 11.6 Å². The number of hydrogen-bond acceptors (Lipinski definition) is 3. The smallest absolute Gasteiger partial charge is 0.254 e. The van der Waals surface area contributed by atoms with Crippen molar-refractivity contribution in [2.75, 3.05) is 13.2 Å². The topological polar surface area (TPSA) is 51.2 Å². The summed E-state index contributed by atoms with van der Waals surface area (Å²) in [6, 6.07) is 1.73. The van der Waals surface area contributed by atoms with Crippen LogP contribution in [0.4, 0.5) is 0 Å². The number of pyridine rings is 1. The van der Waals surface area contributed by atoms with Crippen LogP contribution in [0.5, 0.6) is 0 Å². The van der Waals surface area contributed by atoms with Gasteiger partial charge in [0.1, 0.15) is 5.15 Å². The monoisotopic (exact) mass is 290 g/mol. The Balaban J connectivity index is 2.12. The van der Waals surface area contributed by atoms with Crippen molar-refractivity contribution in [1.82, 2.24) is 10.3 Å². The van der Waals surface area contributed by atoms with Crippen LogP contribution in [0.3, 0.4) is 0 Å². The van der Waals surface area contributed by atoms with E-state index >= 15 is 0 Å². The van der Waals surface area contributed by atoms with E-state index in [1.54, 1.807) is 12.3 Å². The molecule has 0 spiro atoms. The van der Waals surface area contributed by atoms with E-state index in [-0.39, 0.29) is 17.1 Å². The number of amides is 1. The van der Waals surface area contributed by atoms with E-state index in [4.69, 9.17) is 16.3 Å². The van der Waals surface area contributed by atoms with Gasteiger partial charge in [0.2, 0.25) is 0 Å². The fourth-order valence-corrected chi connectivity index (χ4v) is 1.68. The largest absolute Gasteiger partial charge is 0.377 e. The summed E-state index contributed by atoms with van der Waals surface area (Å²) in [6.07, 6.45) is 1.55. The lowest BCUT2D eigenvalue weighted by molar-refractivity contribution is -0.00346. The summed E-state index contributed by atoms with van der Waals surface area (Å²) in [7, 11) is 0. The second-order valence-corrected chi connectivity index (χ2v) is 4.47. The molecule has 1 amide bonds. The summed E-state index contributed by atoms with van der Waals surface area (Å²) in [5.41, 5.74) is 0.373. The molecule has 1 aromatic heterocycles. The molecule has 0 aliphatic carbocycles. The maximum atomic E-state index is 11.7. The average Bonchev–Trinajstić information content (AvgIpc) is 2.15. The molecule has 6 heteroatoms. The molecular weight excluding hydrogens is 283 g/mol. The molecule has 80 valence electrons. The van der Waals surface area contributed by atoms with Gasteiger partial charge in [-0.3, -0.25) is 4.79 Å². The van der Waals surface area contributed by atoms with Crippen molar-refractivity contribution in [2.24, 2.45) is 0 Å². The zero-order chi connectivity index (χ0) is 10.8. The van der Waals surface area contributed by atoms with Gasteiger partial charge >= 0.3 is 0 Å². The third kappa shape index (κ3) is 2.48. The Morgan fingerprint density at radius 2 is 2.40 bits per heavy atom. The van der Waals surface area contributed by atoms with Gasteiger partial charge in [-0.15, -0.1) is 0 Å². The van der Waals surface area contributed by atoms with E-state index in [9.17, 15) is 4.79 Å². The number of ether oxygens (including phenoxy) is 1. The molecule has 0 saturated carbocycles. The molecule has 2 rings (SSSR count). The van der Waals surface area contributed by atoms with Crippen LogP contribution >= 0.6 is 27.5 Å². The van der Waals surface area contributed by atoms with Crippen molar-refractivity contribution in [3.05, 3.63) is 27.5 Å². The number of aromatic nitrogens is 1. The van der Waals surface area contributed by atoms with Gasteiger partial charge in [-0.25, -0.2) is 4.98 Å². The molecule has 0 unspecified atom stereocenters. The highest BCUT2D eigenvalue weighted by atomic mass is 79.9. The maximum absolute atomic E-state index is 11.7. The van der Waals surface area contributed by atoms with Crippen molar-refractivity contribution in [3.63, 3.8) is 0 Å². The zero-order valence-electron chi connectivity index (χ0n) is 7.67. The van der Waals surface area contributed by atoms with Gasteiger partial charge in [0.15, 0.2) is 0 Å². The van der Waals surface area contributed by atoms with Crippen LogP contribution in [0.1, 0.15) is 10.4 Å². The summed E-state index contributed by atoms with van der Waals surface area (Å²) < 4.78 is 5.68. The first-order chi connectivity index (χ1) is 7.16. The summed E-state index contributed by atoms with van der Waals surface area (Å²) >= 11 is 9.05. The summed E-state index contributed by atoms with van der Waals surface area (Å²) in [5.74, 6) is -0.220. The predicted octanol–water partition coefficient (Wildman–Crippen LogP) is 1.63. The molecule has 4 nitrogen and oxygen atoms in total. The van der Waals surface area contributed by atoms with Gasteiger partial charge in [-0.2, -0.15) is 0 Å². The Morgan fingerprint density at radius 3 is 3.00 bits per heavy atom. The van der Waals surface area contributed by atoms with E-state index in [0.29, 0.717) is 18.8 Å². The minimum atomic E-state index is -0.220. The van der Waals surface area contributed by atoms with E-state index in [2.05, 4.69) is 26.2 Å². The number of carbonyl (C=O) groups is 1. The molecule has 1 aromatic rings. The maximum Gasteiger partial charge on any atom is 0.254 e. The number of hydrogen-bond donors (Lipinski definition) is 1. The van der Waals surface area contributed by atoms with Crippen molar-refractivity contribution < 1.29 is 9.53 Å². The summed E-state index contributed by atoms with van der Waals surface area (Å²) in [5, 5.41) is 3.00. The fraction of sp³-hybridized carbons (Fsp3) is 0.333. The summed E-state index contributed by atoms with van der Waals surface area (Å²) in [4.78, 5) is 15.6. The molecule has 1 fully saturated rings. The van der Waals surface area contributed by atoms with Gasteiger partial charge < -0.3 is 10.1 Å². The molecule has 0 radical (unpaired) electrons. The molecular formula is C9H8BrClN2O2. The SMILES string of the molecule is O=C(NC1COC1)c1cc(Br)cnc1Cl. The number of halogens is 2. The van der Waals surface area contributed by atoms with Crippen LogP contribution in [0, 0.1) is 0 Å². The van der Waals surface area contributed by atoms with E-state index in [1.165, 1.54) is 0 Å². The molecule has 1 N–H and O–H groups in total. The Bertz CT molecular complexity index is 396. The molecule has 0 atom stereocenters. The number of carbonyl (C=O) groups excluding carboxylic acids is 1. The van der Waals surface area contributed by atoms with Gasteiger partial charge in [0.25, 0.3) is 5.91 Å². The van der Waals surface area contributed by atoms with Crippen LogP contribution in [-0.4, -0.2) is 30.1 Å². The third-order valence-corrected chi connectivity index (χ3v) is 2.76. The van der Waals surface area contributed by atoms with Gasteiger partial charge in [-0.05, 0) is 22.0 Å². The number of nitrogens with zero attached hydrogens (tertiary/aromatic N) is 1. The first-order valence-corrected chi connectivity index (χ1v) is 5.53. The van der Waals surface area contributed by atoms with Gasteiger partial charge in [0, 0.05) is 10.7 Å². The first-order valence-electron chi connectivity index (χ1n) is 4.36. The highest BCUT2D eigenvalue weighted by Crippen LogP contribution is 2.18. The highest BCUT2D eigenvalue weighted by Gasteiger charge is 2.22. The second kappa shape index (κ2) is 4.47. The van der Waals surface area contributed by atoms with E-state index in [1.807, 2.05) is 0 Å². The van der Waals surface area contributed by atoms with Crippen LogP contribution < -0.4 is 5.32 Å². The summed E-state index contributed by atoms with van der Waals surface area (Å²) in [6.45, 7) is 1.12. The molecule has 1 aliphatic rings. The van der Waals surface area contributed by atoms with Crippen LogP contribution in [0.25, 0.3) is 0 Å². The number of nitrogens with one attached hydrogen (secondary N) is 1. The molecule has 15 heavy (non-hydrogen) atoms. The Morgan fingerprint density at radius 1 is 1.67 bits per heavy atom. The highest BCUT2D eigenvalue weighted by molar-refractivity contribution is 9.10. The lowest BCUT2D eigenvalue weighted by Crippen LogP contribution is -2.48. The zero-order valence-corrected chi connectivity index (χ0v) is 10.0. The second-order valence-electron chi connectivity index (χ2n) is 3.20. The van der Waals surface area contributed by atoms with Crippen LogP contribution in [0.15, 0.2) is 16.7 Å². The normalized spacial score (nSPS) is 15.9. The van der Waals surface area contributed by atoms with Crippen LogP contribution in [0.2, 0.25) is 5.15 Å². The standard InChI is InChI=1S/C9H8BrClN2O2/c10-5-1-7(8(11)12-2-5)9(14)13-6-3-15-4-6/h1-2,6H,3-4H2,(H,13,14). The molecule has 1 aliphatic heterocycles. The van der Waals surface area contributed by atoms with Crippen molar-refractivity contribution in [2.45, 2.75) is 6.04 Å². The molecule has 0 bridgehead atoms. The minimum Gasteiger partial charge on any atom is -0.377 e. The van der Waals surface area contributed by atoms with Crippen molar-refractivity contribution >= 4 is 33.4 Å². The average molecular weight is 292 g/mol. The van der Waals surface area contributed by atoms with Gasteiger partial charge in [0.05, 0.1) is 24.8 Å². The Hall–Kier alpha value is -0.650. The first kappa shape index (κ1) is 10.9. The molecule has 0 aromatic carbocycles. The molecule has 2 heterocycles. The van der Waals surface area contributed by atoms with Crippen molar-refractivity contribution in [1.29, 1.82) is 0 Å². The minimum absolute atomic E-state index is 0.0903. The fourth-order valence-electron chi connectivity index (χ4n) is 1.16. The van der Waals surface area contributed by atoms with E-state index < -0.39 is 0 Å². The van der Waals surface area contributed by atoms with Crippen molar-refractivity contribution in [3.8, 4) is 0 Å². The predicted molar refractivity (Wildman–Crippen MR) is 59.0 cm³/mol.